The minimum atomic E-state index is -0.439. The second-order valence-electron chi connectivity index (χ2n) is 4.45. The molecule has 0 aliphatic heterocycles. The topological polar surface area (TPSA) is 99.5 Å². The summed E-state index contributed by atoms with van der Waals surface area (Å²) in [6, 6.07) is 9.78. The van der Waals surface area contributed by atoms with Crippen LogP contribution in [0.2, 0.25) is 0 Å². The average Bonchev–Trinajstić information content (AvgIpc) is 2.98. The third-order valence-electron chi connectivity index (χ3n) is 3.02. The Labute approximate surface area is 119 Å². The largest absolute Gasteiger partial charge is 0.504 e. The van der Waals surface area contributed by atoms with E-state index in [4.69, 9.17) is 14.2 Å². The van der Waals surface area contributed by atoms with E-state index in [1.54, 1.807) is 24.3 Å². The van der Waals surface area contributed by atoms with E-state index in [0.717, 1.165) is 0 Å². The lowest BCUT2D eigenvalue weighted by Crippen LogP contribution is -2.27. The fourth-order valence-corrected chi connectivity index (χ4v) is 1.99. The van der Waals surface area contributed by atoms with Crippen LogP contribution in [0, 0.1) is 5.41 Å². The molecule has 3 aromatic rings. The predicted octanol–water partition coefficient (Wildman–Crippen LogP) is 2.14. The Hall–Kier alpha value is -3.02. The highest BCUT2D eigenvalue weighted by atomic mass is 16.4. The van der Waals surface area contributed by atoms with Crippen LogP contribution in [-0.2, 0) is 6.54 Å². The van der Waals surface area contributed by atoms with Crippen molar-refractivity contribution in [3.8, 4) is 5.75 Å². The Morgan fingerprint density at radius 2 is 2.14 bits per heavy atom. The molecular weight excluding hydrogens is 272 g/mol. The Kier molecular flexibility index (Phi) is 3.19. The summed E-state index contributed by atoms with van der Waals surface area (Å²) in [6.45, 7) is 0.226. The molecule has 3 rings (SSSR count). The van der Waals surface area contributed by atoms with Gasteiger partial charge in [0.2, 0.25) is 5.55 Å². The van der Waals surface area contributed by atoms with Gasteiger partial charge in [-0.2, -0.15) is 0 Å². The molecule has 0 aliphatic carbocycles. The molecule has 2 aromatic heterocycles. The van der Waals surface area contributed by atoms with Crippen molar-refractivity contribution >= 4 is 16.9 Å². The molecule has 0 unspecified atom stereocenters. The minimum absolute atomic E-state index is 0.0662. The first-order valence-corrected chi connectivity index (χ1v) is 6.26. The van der Waals surface area contributed by atoms with E-state index in [9.17, 15) is 9.90 Å². The van der Waals surface area contributed by atoms with Crippen LogP contribution in [0.5, 0.6) is 5.75 Å². The molecule has 106 valence electrons. The number of para-hydroxylation sites is 1. The number of nitrogens with one attached hydrogen (secondary N) is 2. The van der Waals surface area contributed by atoms with Gasteiger partial charge in [0.25, 0.3) is 5.91 Å². The van der Waals surface area contributed by atoms with Crippen LogP contribution >= 0.6 is 0 Å². The zero-order valence-electron chi connectivity index (χ0n) is 10.9. The second kappa shape index (κ2) is 5.16. The Balaban J connectivity index is 1.91. The van der Waals surface area contributed by atoms with Crippen LogP contribution in [0.1, 0.15) is 16.1 Å². The van der Waals surface area contributed by atoms with Gasteiger partial charge in [0, 0.05) is 5.39 Å². The number of furan rings is 1. The lowest BCUT2D eigenvalue weighted by molar-refractivity contribution is 0.0943. The Morgan fingerprint density at radius 1 is 1.29 bits per heavy atom. The molecule has 1 aromatic carbocycles. The summed E-state index contributed by atoms with van der Waals surface area (Å²) in [4.78, 5) is 12.1. The highest BCUT2D eigenvalue weighted by Gasteiger charge is 2.13. The standard InChI is InChI=1S/C15H12N2O4/c16-14-11(15(19)17-8-10-4-2-6-20-10)7-9-3-1-5-12(18)13(9)21-14/h1-7,16,18H,8H2,(H,17,19). The highest BCUT2D eigenvalue weighted by molar-refractivity contribution is 5.97. The first-order valence-electron chi connectivity index (χ1n) is 6.26. The fraction of sp³-hybridized carbons (Fsp3) is 0.0667. The van der Waals surface area contributed by atoms with Crippen LogP contribution in [0.3, 0.4) is 0 Å². The van der Waals surface area contributed by atoms with E-state index < -0.39 is 5.91 Å². The Bertz CT molecular complexity index is 850. The van der Waals surface area contributed by atoms with Gasteiger partial charge in [-0.25, -0.2) is 0 Å². The summed E-state index contributed by atoms with van der Waals surface area (Å²) in [6.07, 6.45) is 1.52. The quantitative estimate of drug-likeness (QED) is 0.686. The van der Waals surface area contributed by atoms with Gasteiger partial charge in [0.05, 0.1) is 12.8 Å². The van der Waals surface area contributed by atoms with E-state index in [1.165, 1.54) is 18.4 Å². The number of phenols is 1. The number of phenolic OH excluding ortho intramolecular Hbond substituents is 1. The van der Waals surface area contributed by atoms with Crippen molar-refractivity contribution in [2.45, 2.75) is 6.54 Å². The van der Waals surface area contributed by atoms with Gasteiger partial charge in [0.1, 0.15) is 11.3 Å². The number of carbonyl (C=O) groups is 1. The number of carbonyl (C=O) groups excluding carboxylic acids is 1. The molecule has 6 heteroatoms. The van der Waals surface area contributed by atoms with Crippen LogP contribution in [-0.4, -0.2) is 11.0 Å². The summed E-state index contributed by atoms with van der Waals surface area (Å²) in [5.41, 5.74) is -0.0225. The molecule has 0 saturated carbocycles. The molecule has 6 nitrogen and oxygen atoms in total. The molecule has 0 radical (unpaired) electrons. The van der Waals surface area contributed by atoms with Crippen molar-refractivity contribution < 1.29 is 18.7 Å². The second-order valence-corrected chi connectivity index (χ2v) is 4.45. The number of rotatable bonds is 3. The molecule has 0 spiro atoms. The first kappa shape index (κ1) is 13.0. The molecule has 0 bridgehead atoms. The molecule has 0 aliphatic rings. The predicted molar refractivity (Wildman–Crippen MR) is 73.6 cm³/mol. The van der Waals surface area contributed by atoms with Crippen molar-refractivity contribution in [3.63, 3.8) is 0 Å². The number of benzene rings is 1. The molecule has 2 heterocycles. The minimum Gasteiger partial charge on any atom is -0.504 e. The average molecular weight is 284 g/mol. The maximum Gasteiger partial charge on any atom is 0.257 e. The van der Waals surface area contributed by atoms with E-state index in [1.807, 2.05) is 0 Å². The first-order chi connectivity index (χ1) is 10.1. The monoisotopic (exact) mass is 284 g/mol. The summed E-state index contributed by atoms with van der Waals surface area (Å²) in [5, 5.41) is 20.6. The van der Waals surface area contributed by atoms with E-state index >= 15 is 0 Å². The van der Waals surface area contributed by atoms with Gasteiger partial charge in [0.15, 0.2) is 11.3 Å². The lowest BCUT2D eigenvalue weighted by atomic mass is 10.1. The van der Waals surface area contributed by atoms with Gasteiger partial charge in [-0.3, -0.25) is 10.2 Å². The maximum absolute atomic E-state index is 12.1. The number of amides is 1. The number of hydrogen-bond acceptors (Lipinski definition) is 5. The molecular formula is C15H12N2O4. The van der Waals surface area contributed by atoms with Gasteiger partial charge in [-0.1, -0.05) is 12.1 Å². The normalized spacial score (nSPS) is 10.7. The molecule has 0 saturated heterocycles. The van der Waals surface area contributed by atoms with Gasteiger partial charge in [-0.05, 0) is 24.3 Å². The van der Waals surface area contributed by atoms with Crippen molar-refractivity contribution in [2.24, 2.45) is 0 Å². The lowest BCUT2D eigenvalue weighted by Gasteiger charge is -2.05. The van der Waals surface area contributed by atoms with Crippen molar-refractivity contribution in [2.75, 3.05) is 0 Å². The Morgan fingerprint density at radius 3 is 2.90 bits per heavy atom. The summed E-state index contributed by atoms with van der Waals surface area (Å²) < 4.78 is 10.3. The summed E-state index contributed by atoms with van der Waals surface area (Å²) in [7, 11) is 0. The third-order valence-corrected chi connectivity index (χ3v) is 3.02. The number of hydrogen-bond donors (Lipinski definition) is 3. The highest BCUT2D eigenvalue weighted by Crippen LogP contribution is 2.23. The smallest absolute Gasteiger partial charge is 0.257 e. The maximum atomic E-state index is 12.1. The van der Waals surface area contributed by atoms with Crippen molar-refractivity contribution in [3.05, 3.63) is 59.5 Å². The van der Waals surface area contributed by atoms with Gasteiger partial charge < -0.3 is 19.3 Å². The van der Waals surface area contributed by atoms with E-state index in [2.05, 4.69) is 5.32 Å². The number of fused-ring (bicyclic) bond motifs is 1. The molecule has 0 atom stereocenters. The number of aromatic hydroxyl groups is 1. The van der Waals surface area contributed by atoms with Gasteiger partial charge >= 0.3 is 0 Å². The summed E-state index contributed by atoms with van der Waals surface area (Å²) in [5.74, 6) is 0.110. The van der Waals surface area contributed by atoms with Crippen molar-refractivity contribution in [1.82, 2.24) is 5.32 Å². The zero-order valence-corrected chi connectivity index (χ0v) is 10.9. The van der Waals surface area contributed by atoms with Crippen LogP contribution in [0.25, 0.3) is 11.0 Å². The summed E-state index contributed by atoms with van der Waals surface area (Å²) >= 11 is 0. The van der Waals surface area contributed by atoms with Crippen LogP contribution in [0.15, 0.2) is 51.5 Å². The van der Waals surface area contributed by atoms with Crippen LogP contribution in [0.4, 0.5) is 0 Å². The zero-order chi connectivity index (χ0) is 14.8. The van der Waals surface area contributed by atoms with Crippen molar-refractivity contribution in [1.29, 1.82) is 5.41 Å². The van der Waals surface area contributed by atoms with E-state index in [0.29, 0.717) is 11.1 Å². The van der Waals surface area contributed by atoms with E-state index in [-0.39, 0.29) is 29.0 Å². The van der Waals surface area contributed by atoms with Gasteiger partial charge in [-0.15, -0.1) is 0 Å². The molecule has 21 heavy (non-hydrogen) atoms. The molecule has 3 N–H and O–H groups in total. The molecule has 1 amide bonds. The fourth-order valence-electron chi connectivity index (χ4n) is 1.99. The third kappa shape index (κ3) is 2.51. The molecule has 0 fully saturated rings. The SMILES string of the molecule is N=c1oc2c(O)cccc2cc1C(=O)NCc1ccco1. The van der Waals surface area contributed by atoms with Crippen LogP contribution < -0.4 is 10.9 Å².